The van der Waals surface area contributed by atoms with Gasteiger partial charge >= 0.3 is 0 Å². The van der Waals surface area contributed by atoms with E-state index in [-0.39, 0.29) is 5.76 Å². The zero-order valence-corrected chi connectivity index (χ0v) is 10.9. The first-order valence-corrected chi connectivity index (χ1v) is 6.13. The van der Waals surface area contributed by atoms with Gasteiger partial charge in [0.25, 0.3) is 0 Å². The first-order valence-electron chi connectivity index (χ1n) is 5.75. The van der Waals surface area contributed by atoms with Gasteiger partial charge in [-0.15, -0.1) is 0 Å². The molecule has 0 aliphatic heterocycles. The number of halogens is 1. The van der Waals surface area contributed by atoms with Gasteiger partial charge in [-0.2, -0.15) is 5.26 Å². The Morgan fingerprint density at radius 2 is 2.10 bits per heavy atom. The number of hydrogen-bond donors (Lipinski definition) is 0. The summed E-state index contributed by atoms with van der Waals surface area (Å²) in [6, 6.07) is 8.64. The highest BCUT2D eigenvalue weighted by molar-refractivity contribution is 6.33. The second-order valence-corrected chi connectivity index (χ2v) is 4.59. The molecule has 0 N–H and O–H groups in total. The number of pyridine rings is 1. The number of hydrogen-bond acceptors (Lipinski definition) is 4. The minimum Gasteiger partial charge on any atom is -0.452 e. The standard InChI is InChI=1S/C15H7ClN2O2/c16-14-3-9(5-17)1-2-12(14)13-7-18-6-10-4-11(8-19)20-15(10)13/h1-4,6-8H. The number of nitriles is 1. The third-order valence-electron chi connectivity index (χ3n) is 2.95. The fraction of sp³-hybridized carbons (Fsp3) is 0. The van der Waals surface area contributed by atoms with E-state index in [9.17, 15) is 4.79 Å². The van der Waals surface area contributed by atoms with Crippen LogP contribution in [-0.4, -0.2) is 11.3 Å². The molecule has 0 fully saturated rings. The van der Waals surface area contributed by atoms with E-state index in [2.05, 4.69) is 4.98 Å². The van der Waals surface area contributed by atoms with Gasteiger partial charge in [0.15, 0.2) is 12.0 Å². The lowest BCUT2D eigenvalue weighted by molar-refractivity contribution is 0.110. The summed E-state index contributed by atoms with van der Waals surface area (Å²) in [4.78, 5) is 14.9. The van der Waals surface area contributed by atoms with E-state index in [1.54, 1.807) is 36.7 Å². The van der Waals surface area contributed by atoms with E-state index in [4.69, 9.17) is 21.3 Å². The molecule has 5 heteroatoms. The van der Waals surface area contributed by atoms with Gasteiger partial charge in [-0.05, 0) is 18.2 Å². The van der Waals surface area contributed by atoms with Crippen molar-refractivity contribution < 1.29 is 9.21 Å². The van der Waals surface area contributed by atoms with E-state index < -0.39 is 0 Å². The Balaban J connectivity index is 2.27. The number of aldehydes is 1. The van der Waals surface area contributed by atoms with Crippen LogP contribution in [0.15, 0.2) is 41.1 Å². The predicted molar refractivity (Wildman–Crippen MR) is 74.6 cm³/mol. The molecule has 0 amide bonds. The van der Waals surface area contributed by atoms with Crippen molar-refractivity contribution in [1.82, 2.24) is 4.98 Å². The largest absolute Gasteiger partial charge is 0.452 e. The van der Waals surface area contributed by atoms with Gasteiger partial charge in [0.05, 0.1) is 11.6 Å². The van der Waals surface area contributed by atoms with E-state index in [1.807, 2.05) is 6.07 Å². The summed E-state index contributed by atoms with van der Waals surface area (Å²) < 4.78 is 5.48. The monoisotopic (exact) mass is 282 g/mol. The first-order chi connectivity index (χ1) is 9.72. The van der Waals surface area contributed by atoms with Gasteiger partial charge in [0.1, 0.15) is 5.58 Å². The van der Waals surface area contributed by atoms with Crippen LogP contribution in [0.2, 0.25) is 5.02 Å². The SMILES string of the molecule is N#Cc1ccc(-c2cncc3cc(C=O)oc23)c(Cl)c1. The summed E-state index contributed by atoms with van der Waals surface area (Å²) in [6.45, 7) is 0. The number of carbonyl (C=O) groups excluding carboxylic acids is 1. The van der Waals surface area contributed by atoms with E-state index in [0.29, 0.717) is 33.6 Å². The van der Waals surface area contributed by atoms with Gasteiger partial charge < -0.3 is 4.42 Å². The molecule has 0 radical (unpaired) electrons. The highest BCUT2D eigenvalue weighted by atomic mass is 35.5. The maximum Gasteiger partial charge on any atom is 0.185 e. The molecule has 96 valence electrons. The van der Waals surface area contributed by atoms with Crippen molar-refractivity contribution in [1.29, 1.82) is 5.26 Å². The Morgan fingerprint density at radius 1 is 1.25 bits per heavy atom. The van der Waals surface area contributed by atoms with Gasteiger partial charge in [-0.3, -0.25) is 9.78 Å². The summed E-state index contributed by atoms with van der Waals surface area (Å²) in [7, 11) is 0. The van der Waals surface area contributed by atoms with Crippen molar-refractivity contribution >= 4 is 28.9 Å². The maximum absolute atomic E-state index is 10.8. The summed E-state index contributed by atoms with van der Waals surface area (Å²) in [5, 5.41) is 10.0. The average Bonchev–Trinajstić information content (AvgIpc) is 2.90. The molecule has 0 aliphatic rings. The van der Waals surface area contributed by atoms with E-state index in [0.717, 1.165) is 5.39 Å². The van der Waals surface area contributed by atoms with Crippen LogP contribution in [0.25, 0.3) is 22.1 Å². The molecule has 3 rings (SSSR count). The average molecular weight is 283 g/mol. The molecule has 0 aliphatic carbocycles. The van der Waals surface area contributed by atoms with E-state index in [1.165, 1.54) is 0 Å². The lowest BCUT2D eigenvalue weighted by atomic mass is 10.0. The molecule has 1 aromatic carbocycles. The van der Waals surface area contributed by atoms with Gasteiger partial charge in [-0.1, -0.05) is 17.7 Å². The Hall–Kier alpha value is -2.64. The van der Waals surface area contributed by atoms with Crippen LogP contribution < -0.4 is 0 Å². The van der Waals surface area contributed by atoms with Crippen molar-refractivity contribution in [2.24, 2.45) is 0 Å². The lowest BCUT2D eigenvalue weighted by Gasteiger charge is -2.05. The number of aromatic nitrogens is 1. The van der Waals surface area contributed by atoms with Crippen LogP contribution in [0, 0.1) is 11.3 Å². The third kappa shape index (κ3) is 1.94. The zero-order valence-electron chi connectivity index (χ0n) is 10.1. The normalized spacial score (nSPS) is 10.4. The molecular formula is C15H7ClN2O2. The van der Waals surface area contributed by atoms with Gasteiger partial charge in [0, 0.05) is 33.9 Å². The fourth-order valence-corrected chi connectivity index (χ4v) is 2.32. The molecule has 0 bridgehead atoms. The topological polar surface area (TPSA) is 66.9 Å². The highest BCUT2D eigenvalue weighted by Crippen LogP contribution is 2.34. The number of rotatable bonds is 2. The maximum atomic E-state index is 10.8. The molecule has 0 unspecified atom stereocenters. The molecule has 0 saturated carbocycles. The number of furan rings is 1. The van der Waals surface area contributed by atoms with Crippen molar-refractivity contribution in [2.75, 3.05) is 0 Å². The molecule has 0 spiro atoms. The van der Waals surface area contributed by atoms with Crippen LogP contribution in [0.3, 0.4) is 0 Å². The predicted octanol–water partition coefficient (Wildman–Crippen LogP) is 3.83. The number of carbonyl (C=O) groups is 1. The van der Waals surface area contributed by atoms with Crippen LogP contribution in [0.4, 0.5) is 0 Å². The van der Waals surface area contributed by atoms with Crippen molar-refractivity contribution in [2.45, 2.75) is 0 Å². The summed E-state index contributed by atoms with van der Waals surface area (Å²) in [6.07, 6.45) is 3.88. The summed E-state index contributed by atoms with van der Waals surface area (Å²) >= 11 is 6.19. The number of benzene rings is 1. The summed E-state index contributed by atoms with van der Waals surface area (Å²) in [5.41, 5.74) is 2.42. The first kappa shape index (κ1) is 12.4. The Kier molecular flexibility index (Phi) is 2.97. The van der Waals surface area contributed by atoms with Crippen LogP contribution in [0.5, 0.6) is 0 Å². The second kappa shape index (κ2) is 4.80. The van der Waals surface area contributed by atoms with Gasteiger partial charge in [0.2, 0.25) is 0 Å². The van der Waals surface area contributed by atoms with Crippen molar-refractivity contribution in [3.63, 3.8) is 0 Å². The molecule has 0 atom stereocenters. The molecule has 2 aromatic heterocycles. The molecule has 3 aromatic rings. The van der Waals surface area contributed by atoms with Crippen LogP contribution in [-0.2, 0) is 0 Å². The number of nitrogens with zero attached hydrogens (tertiary/aromatic N) is 2. The summed E-state index contributed by atoms with van der Waals surface area (Å²) in [5.74, 6) is 0.235. The van der Waals surface area contributed by atoms with Crippen molar-refractivity contribution in [3.05, 3.63) is 53.0 Å². The van der Waals surface area contributed by atoms with Crippen LogP contribution >= 0.6 is 11.6 Å². The smallest absolute Gasteiger partial charge is 0.185 e. The molecule has 4 nitrogen and oxygen atoms in total. The Morgan fingerprint density at radius 3 is 2.80 bits per heavy atom. The molecule has 20 heavy (non-hydrogen) atoms. The van der Waals surface area contributed by atoms with E-state index >= 15 is 0 Å². The zero-order chi connectivity index (χ0) is 14.1. The minimum atomic E-state index is 0.235. The Bertz CT molecular complexity index is 862. The third-order valence-corrected chi connectivity index (χ3v) is 3.26. The van der Waals surface area contributed by atoms with Crippen molar-refractivity contribution in [3.8, 4) is 17.2 Å². The quantitative estimate of drug-likeness (QED) is 0.670. The highest BCUT2D eigenvalue weighted by Gasteiger charge is 2.13. The minimum absolute atomic E-state index is 0.235. The Labute approximate surface area is 119 Å². The fourth-order valence-electron chi connectivity index (χ4n) is 2.04. The van der Waals surface area contributed by atoms with Gasteiger partial charge in [-0.25, -0.2) is 0 Å². The second-order valence-electron chi connectivity index (χ2n) is 4.18. The van der Waals surface area contributed by atoms with Crippen LogP contribution in [0.1, 0.15) is 16.1 Å². The molecule has 2 heterocycles. The number of fused-ring (bicyclic) bond motifs is 1. The molecular weight excluding hydrogens is 276 g/mol. The molecule has 0 saturated heterocycles. The lowest BCUT2D eigenvalue weighted by Crippen LogP contribution is -1.84.